The Morgan fingerprint density at radius 2 is 1.92 bits per heavy atom. The molecule has 0 spiro atoms. The second-order valence-electron chi connectivity index (χ2n) is 5.46. The Labute approximate surface area is 138 Å². The molecule has 132 valence electrons. The fourth-order valence-corrected chi connectivity index (χ4v) is 2.03. The van der Waals surface area contributed by atoms with Crippen molar-refractivity contribution in [2.24, 2.45) is 11.7 Å². The highest BCUT2D eigenvalue weighted by molar-refractivity contribution is 5.94. The van der Waals surface area contributed by atoms with E-state index < -0.39 is 35.4 Å². The molecule has 6 nitrogen and oxygen atoms in total. The van der Waals surface area contributed by atoms with Gasteiger partial charge in [0.1, 0.15) is 17.7 Å². The van der Waals surface area contributed by atoms with Crippen LogP contribution >= 0.6 is 0 Å². The van der Waals surface area contributed by atoms with E-state index in [0.29, 0.717) is 12.5 Å². The first-order valence-corrected chi connectivity index (χ1v) is 7.58. The molecule has 0 heterocycles. The Balaban J connectivity index is 2.50. The first-order valence-electron chi connectivity index (χ1n) is 7.58. The van der Waals surface area contributed by atoms with Crippen LogP contribution in [0, 0.1) is 17.6 Å². The number of carbonyl (C=O) groups is 3. The van der Waals surface area contributed by atoms with E-state index in [0.717, 1.165) is 12.1 Å². The topological polar surface area (TPSA) is 101 Å². The van der Waals surface area contributed by atoms with Crippen molar-refractivity contribution in [3.8, 4) is 0 Å². The lowest BCUT2D eigenvalue weighted by atomic mass is 9.98. The van der Waals surface area contributed by atoms with Crippen LogP contribution in [-0.2, 0) is 9.59 Å². The lowest BCUT2D eigenvalue weighted by Crippen LogP contribution is -2.48. The molecular weight excluding hydrogens is 320 g/mol. The van der Waals surface area contributed by atoms with E-state index in [2.05, 4.69) is 10.6 Å². The van der Waals surface area contributed by atoms with E-state index in [1.807, 2.05) is 6.92 Å². The minimum Gasteiger partial charge on any atom is -0.368 e. The quantitative estimate of drug-likeness (QED) is 0.660. The fourth-order valence-electron chi connectivity index (χ4n) is 2.03. The Hall–Kier alpha value is -2.51. The molecule has 1 aromatic carbocycles. The van der Waals surface area contributed by atoms with Gasteiger partial charge < -0.3 is 16.4 Å². The van der Waals surface area contributed by atoms with Crippen molar-refractivity contribution in [2.45, 2.75) is 32.7 Å². The van der Waals surface area contributed by atoms with Crippen molar-refractivity contribution in [3.05, 3.63) is 35.4 Å². The average molecular weight is 341 g/mol. The Bertz CT molecular complexity index is 623. The van der Waals surface area contributed by atoms with Crippen LogP contribution in [0.4, 0.5) is 8.78 Å². The van der Waals surface area contributed by atoms with Gasteiger partial charge in [0.25, 0.3) is 5.91 Å². The number of hydrogen-bond acceptors (Lipinski definition) is 3. The molecule has 0 bridgehead atoms. The predicted octanol–water partition coefficient (Wildman–Crippen LogP) is 1.10. The number of nitrogens with one attached hydrogen (secondary N) is 2. The Kier molecular flexibility index (Phi) is 7.29. The van der Waals surface area contributed by atoms with Crippen LogP contribution in [0.15, 0.2) is 18.2 Å². The third-order valence-corrected chi connectivity index (χ3v) is 3.65. The molecule has 0 aliphatic rings. The van der Waals surface area contributed by atoms with Crippen LogP contribution in [0.5, 0.6) is 0 Å². The van der Waals surface area contributed by atoms with Crippen molar-refractivity contribution in [3.63, 3.8) is 0 Å². The number of rotatable bonds is 8. The van der Waals surface area contributed by atoms with Crippen LogP contribution in [0.25, 0.3) is 0 Å². The van der Waals surface area contributed by atoms with E-state index in [1.165, 1.54) is 0 Å². The molecule has 0 fully saturated rings. The zero-order chi connectivity index (χ0) is 18.3. The molecule has 1 aromatic rings. The van der Waals surface area contributed by atoms with Crippen LogP contribution < -0.4 is 16.4 Å². The zero-order valence-corrected chi connectivity index (χ0v) is 13.6. The largest absolute Gasteiger partial charge is 0.368 e. The molecule has 0 saturated heterocycles. The number of carbonyl (C=O) groups excluding carboxylic acids is 3. The molecule has 0 aliphatic heterocycles. The van der Waals surface area contributed by atoms with Crippen molar-refractivity contribution in [1.29, 1.82) is 0 Å². The van der Waals surface area contributed by atoms with Gasteiger partial charge in [-0.15, -0.1) is 0 Å². The molecule has 8 heteroatoms. The molecule has 1 rings (SSSR count). The van der Waals surface area contributed by atoms with Crippen molar-refractivity contribution in [2.75, 3.05) is 6.54 Å². The lowest BCUT2D eigenvalue weighted by molar-refractivity contribution is -0.128. The van der Waals surface area contributed by atoms with Crippen molar-refractivity contribution < 1.29 is 23.2 Å². The summed E-state index contributed by atoms with van der Waals surface area (Å²) in [6, 6.07) is 1.80. The first-order chi connectivity index (χ1) is 11.3. The van der Waals surface area contributed by atoms with Gasteiger partial charge in [-0.1, -0.05) is 20.3 Å². The highest BCUT2D eigenvalue weighted by atomic mass is 19.1. The Morgan fingerprint density at radius 1 is 1.25 bits per heavy atom. The summed E-state index contributed by atoms with van der Waals surface area (Å²) in [5.41, 5.74) is 4.93. The van der Waals surface area contributed by atoms with Crippen LogP contribution in [0.1, 0.15) is 37.0 Å². The average Bonchev–Trinajstić information content (AvgIpc) is 2.51. The molecule has 2 unspecified atom stereocenters. The summed E-state index contributed by atoms with van der Waals surface area (Å²) >= 11 is 0. The van der Waals surface area contributed by atoms with Crippen molar-refractivity contribution in [1.82, 2.24) is 10.6 Å². The molecule has 4 N–H and O–H groups in total. The number of hydrogen-bond donors (Lipinski definition) is 3. The van der Waals surface area contributed by atoms with Gasteiger partial charge in [0.15, 0.2) is 0 Å². The van der Waals surface area contributed by atoms with Crippen LogP contribution in [0.3, 0.4) is 0 Å². The number of benzene rings is 1. The standard InChI is InChI=1S/C16H21F2N3O3/c1-3-9(2)14(15(19)23)21-13(22)6-7-20-16(24)11-5-4-10(17)8-12(11)18/h4-5,8-9,14H,3,6-7H2,1-2H3,(H2,19,23)(H,20,24)(H,21,22). The van der Waals surface area contributed by atoms with Gasteiger partial charge in [-0.05, 0) is 18.1 Å². The molecule has 3 amide bonds. The maximum Gasteiger partial charge on any atom is 0.254 e. The highest BCUT2D eigenvalue weighted by Crippen LogP contribution is 2.09. The summed E-state index contributed by atoms with van der Waals surface area (Å²) < 4.78 is 26.2. The summed E-state index contributed by atoms with van der Waals surface area (Å²) in [5.74, 6) is -3.73. The fraction of sp³-hybridized carbons (Fsp3) is 0.438. The summed E-state index contributed by atoms with van der Waals surface area (Å²) in [4.78, 5) is 34.9. The summed E-state index contributed by atoms with van der Waals surface area (Å²) in [6.45, 7) is 3.59. The molecule has 24 heavy (non-hydrogen) atoms. The smallest absolute Gasteiger partial charge is 0.254 e. The molecule has 0 aromatic heterocycles. The minimum atomic E-state index is -0.984. The third kappa shape index (κ3) is 5.60. The number of halogens is 2. The molecule has 2 atom stereocenters. The summed E-state index contributed by atoms with van der Waals surface area (Å²) in [6.07, 6.45) is 0.559. The molecule has 0 aliphatic carbocycles. The second kappa shape index (κ2) is 8.95. The predicted molar refractivity (Wildman–Crippen MR) is 83.9 cm³/mol. The lowest BCUT2D eigenvalue weighted by Gasteiger charge is -2.21. The summed E-state index contributed by atoms with van der Waals surface area (Å²) in [5, 5.41) is 4.87. The maximum absolute atomic E-state index is 13.4. The van der Waals surface area contributed by atoms with Gasteiger partial charge in [0, 0.05) is 19.0 Å². The van der Waals surface area contributed by atoms with E-state index in [9.17, 15) is 23.2 Å². The third-order valence-electron chi connectivity index (χ3n) is 3.65. The minimum absolute atomic E-state index is 0.0620. The monoisotopic (exact) mass is 341 g/mol. The van der Waals surface area contributed by atoms with Gasteiger partial charge in [0.2, 0.25) is 11.8 Å². The number of primary amides is 1. The van der Waals surface area contributed by atoms with Crippen LogP contribution in [-0.4, -0.2) is 30.3 Å². The van der Waals surface area contributed by atoms with Gasteiger partial charge >= 0.3 is 0 Å². The number of nitrogens with two attached hydrogens (primary N) is 1. The highest BCUT2D eigenvalue weighted by Gasteiger charge is 2.23. The molecule has 0 radical (unpaired) electrons. The van der Waals surface area contributed by atoms with Gasteiger partial charge in [-0.25, -0.2) is 8.78 Å². The Morgan fingerprint density at radius 3 is 2.46 bits per heavy atom. The van der Waals surface area contributed by atoms with Gasteiger partial charge in [0.05, 0.1) is 5.56 Å². The second-order valence-corrected chi connectivity index (χ2v) is 5.46. The van der Waals surface area contributed by atoms with E-state index in [4.69, 9.17) is 5.73 Å². The SMILES string of the molecule is CCC(C)C(NC(=O)CCNC(=O)c1ccc(F)cc1F)C(N)=O. The zero-order valence-electron chi connectivity index (χ0n) is 13.6. The van der Waals surface area contributed by atoms with E-state index in [-0.39, 0.29) is 24.4 Å². The number of amides is 3. The molecule has 0 saturated carbocycles. The molecular formula is C16H21F2N3O3. The van der Waals surface area contributed by atoms with Gasteiger partial charge in [-0.3, -0.25) is 14.4 Å². The first kappa shape index (κ1) is 19.5. The van der Waals surface area contributed by atoms with E-state index in [1.54, 1.807) is 6.92 Å². The van der Waals surface area contributed by atoms with Crippen molar-refractivity contribution >= 4 is 17.7 Å². The van der Waals surface area contributed by atoms with Gasteiger partial charge in [-0.2, -0.15) is 0 Å². The van der Waals surface area contributed by atoms with Crippen LogP contribution in [0.2, 0.25) is 0 Å². The van der Waals surface area contributed by atoms with E-state index >= 15 is 0 Å². The maximum atomic E-state index is 13.4. The normalized spacial score (nSPS) is 13.0. The summed E-state index contributed by atoms with van der Waals surface area (Å²) in [7, 11) is 0.